The summed E-state index contributed by atoms with van der Waals surface area (Å²) in [5.74, 6) is -2.10. The first-order valence-corrected chi connectivity index (χ1v) is 16.3. The number of rotatable bonds is 12. The first-order chi connectivity index (χ1) is 23.4. The zero-order chi connectivity index (χ0) is 35.2. The van der Waals surface area contributed by atoms with Gasteiger partial charge in [-0.2, -0.15) is 0 Å². The van der Waals surface area contributed by atoms with Crippen molar-refractivity contribution in [2.75, 3.05) is 32.7 Å². The van der Waals surface area contributed by atoms with Gasteiger partial charge in [0.05, 0.1) is 11.1 Å². The Morgan fingerprint density at radius 2 is 1.51 bits per heavy atom. The Bertz CT molecular complexity index is 1810. The van der Waals surface area contributed by atoms with Crippen molar-refractivity contribution < 1.29 is 34.4 Å². The Morgan fingerprint density at radius 1 is 0.857 bits per heavy atom. The average molecular weight is 671 g/mol. The predicted octanol–water partition coefficient (Wildman–Crippen LogP) is 4.17. The highest BCUT2D eigenvalue weighted by atomic mass is 16.6. The molecule has 13 nitrogen and oxygen atoms in total. The molecule has 1 aliphatic heterocycles. The van der Waals surface area contributed by atoms with E-state index in [1.807, 2.05) is 51.1 Å². The van der Waals surface area contributed by atoms with E-state index in [-0.39, 0.29) is 29.1 Å². The normalized spacial score (nSPS) is 14.5. The van der Waals surface area contributed by atoms with E-state index in [0.717, 1.165) is 43.9 Å². The molecule has 1 saturated heterocycles. The molecule has 1 unspecified atom stereocenters. The molecule has 1 fully saturated rings. The minimum atomic E-state index is -1.22. The first kappa shape index (κ1) is 35.0. The van der Waals surface area contributed by atoms with Crippen LogP contribution in [0.1, 0.15) is 71.3 Å². The van der Waals surface area contributed by atoms with Crippen molar-refractivity contribution in [1.82, 2.24) is 29.9 Å². The summed E-state index contributed by atoms with van der Waals surface area (Å²) in [4.78, 5) is 41.1. The van der Waals surface area contributed by atoms with Crippen molar-refractivity contribution in [3.05, 3.63) is 88.7 Å². The number of carbonyl (C=O) groups is 3. The van der Waals surface area contributed by atoms with Crippen LogP contribution in [0.25, 0.3) is 17.1 Å². The zero-order valence-electron chi connectivity index (χ0n) is 28.1. The maximum atomic E-state index is 13.0. The highest BCUT2D eigenvalue weighted by Gasteiger charge is 2.25. The topological polar surface area (TPSA) is 170 Å². The fourth-order valence-electron chi connectivity index (χ4n) is 5.77. The second-order valence-electron chi connectivity index (χ2n) is 12.4. The second kappa shape index (κ2) is 15.3. The molecule has 3 aromatic carbocycles. The number of aromatic nitrogens is 3. The molecule has 0 saturated carbocycles. The summed E-state index contributed by atoms with van der Waals surface area (Å²) >= 11 is 0. The summed E-state index contributed by atoms with van der Waals surface area (Å²) in [6.45, 7) is 12.1. The van der Waals surface area contributed by atoms with Crippen molar-refractivity contribution in [3.63, 3.8) is 0 Å². The second-order valence-corrected chi connectivity index (χ2v) is 12.4. The van der Waals surface area contributed by atoms with Crippen LogP contribution in [0.4, 0.5) is 0 Å². The number of benzene rings is 3. The molecular formula is C36H42N6O7. The molecule has 0 bridgehead atoms. The number of piperazine rings is 1. The molecule has 1 amide bonds. The molecule has 1 aliphatic rings. The zero-order valence-corrected chi connectivity index (χ0v) is 28.1. The van der Waals surface area contributed by atoms with Crippen LogP contribution in [0.5, 0.6) is 11.5 Å². The summed E-state index contributed by atoms with van der Waals surface area (Å²) in [7, 11) is 0. The molecular weight excluding hydrogens is 628 g/mol. The Labute approximate surface area is 284 Å². The molecule has 49 heavy (non-hydrogen) atoms. The van der Waals surface area contributed by atoms with Gasteiger partial charge in [0, 0.05) is 57.6 Å². The lowest BCUT2D eigenvalue weighted by molar-refractivity contribution is -0.146. The van der Waals surface area contributed by atoms with Crippen LogP contribution < -0.4 is 5.32 Å². The average Bonchev–Trinajstić information content (AvgIpc) is 3.51. The van der Waals surface area contributed by atoms with Gasteiger partial charge in [-0.3, -0.25) is 19.2 Å². The van der Waals surface area contributed by atoms with Gasteiger partial charge in [-0.15, -0.1) is 10.2 Å². The largest absolute Gasteiger partial charge is 0.508 e. The van der Waals surface area contributed by atoms with Crippen molar-refractivity contribution in [3.8, 4) is 28.6 Å². The number of ether oxygens (including phenoxy) is 1. The van der Waals surface area contributed by atoms with Gasteiger partial charge in [0.2, 0.25) is 5.82 Å². The van der Waals surface area contributed by atoms with Gasteiger partial charge < -0.3 is 25.4 Å². The molecule has 258 valence electrons. The van der Waals surface area contributed by atoms with E-state index in [1.54, 1.807) is 28.8 Å². The number of hydrogen-bond acceptors (Lipinski definition) is 10. The first-order valence-electron chi connectivity index (χ1n) is 16.3. The van der Waals surface area contributed by atoms with Gasteiger partial charge >= 0.3 is 11.9 Å². The van der Waals surface area contributed by atoms with Gasteiger partial charge in [0.15, 0.2) is 11.9 Å². The third-order valence-corrected chi connectivity index (χ3v) is 8.48. The van der Waals surface area contributed by atoms with E-state index >= 15 is 0 Å². The number of carbonyl (C=O) groups excluding carboxylic acids is 2. The summed E-state index contributed by atoms with van der Waals surface area (Å²) in [5, 5.41) is 41.5. The number of phenolic OH excluding ortho intramolecular Hbond substituents is 2. The summed E-state index contributed by atoms with van der Waals surface area (Å²) in [6, 6.07) is 17.8. The van der Waals surface area contributed by atoms with E-state index < -0.39 is 23.9 Å². The molecule has 0 radical (unpaired) electrons. The number of hydrogen-bond donors (Lipinski definition) is 4. The maximum absolute atomic E-state index is 13.0. The number of carboxylic acids is 1. The molecule has 1 aromatic heterocycles. The number of amides is 1. The number of esters is 1. The Morgan fingerprint density at radius 3 is 2.12 bits per heavy atom. The fraction of sp³-hybridized carbons (Fsp3) is 0.361. The van der Waals surface area contributed by atoms with E-state index in [2.05, 4.69) is 25.3 Å². The molecule has 0 aliphatic carbocycles. The molecule has 4 aromatic rings. The van der Waals surface area contributed by atoms with Crippen molar-refractivity contribution >= 4 is 17.8 Å². The van der Waals surface area contributed by atoms with Crippen LogP contribution in [0.3, 0.4) is 0 Å². The Kier molecular flexibility index (Phi) is 10.9. The van der Waals surface area contributed by atoms with Crippen molar-refractivity contribution in [2.45, 2.75) is 52.8 Å². The van der Waals surface area contributed by atoms with E-state index in [4.69, 9.17) is 9.84 Å². The highest BCUT2D eigenvalue weighted by Crippen LogP contribution is 2.38. The SMILES string of the molecule is CCNC(=O)c1nnc(-c2cc(C(C)C)c(O)cc2O)n1-c1ccc(CN2CCN(Cc3cccc(C(=O)OC(C)C(=O)O)c3)CC2)cc1. The lowest BCUT2D eigenvalue weighted by Gasteiger charge is -2.34. The van der Waals surface area contributed by atoms with Gasteiger partial charge in [0.1, 0.15) is 11.5 Å². The molecule has 5 rings (SSSR count). The smallest absolute Gasteiger partial charge is 0.344 e. The van der Waals surface area contributed by atoms with E-state index in [9.17, 15) is 24.6 Å². The van der Waals surface area contributed by atoms with Crippen molar-refractivity contribution in [2.24, 2.45) is 0 Å². The van der Waals surface area contributed by atoms with Gasteiger partial charge in [-0.05, 0) is 66.8 Å². The minimum Gasteiger partial charge on any atom is -0.508 e. The highest BCUT2D eigenvalue weighted by molar-refractivity contribution is 5.92. The fourth-order valence-corrected chi connectivity index (χ4v) is 5.77. The quantitative estimate of drug-likeness (QED) is 0.160. The van der Waals surface area contributed by atoms with Crippen LogP contribution in [-0.2, 0) is 22.6 Å². The Balaban J connectivity index is 1.26. The maximum Gasteiger partial charge on any atom is 0.344 e. The van der Waals surface area contributed by atoms with Crippen molar-refractivity contribution in [1.29, 1.82) is 0 Å². The van der Waals surface area contributed by atoms with E-state index in [0.29, 0.717) is 35.5 Å². The van der Waals surface area contributed by atoms with Gasteiger partial charge in [0.25, 0.3) is 5.91 Å². The van der Waals surface area contributed by atoms with Crippen LogP contribution in [0.2, 0.25) is 0 Å². The summed E-state index contributed by atoms with van der Waals surface area (Å²) < 4.78 is 6.63. The minimum absolute atomic E-state index is 0.0161. The summed E-state index contributed by atoms with van der Waals surface area (Å²) in [5.41, 5.74) is 4.00. The Hall–Kier alpha value is -5.27. The number of aromatic hydroxyl groups is 2. The predicted molar refractivity (Wildman–Crippen MR) is 182 cm³/mol. The molecule has 0 spiro atoms. The van der Waals surface area contributed by atoms with Crippen LogP contribution in [-0.4, -0.2) is 96.6 Å². The third-order valence-electron chi connectivity index (χ3n) is 8.48. The standard InChI is InChI=1S/C36H42N6O7/c1-5-37-34(45)33-39-38-32(29-18-28(22(2)3)30(43)19-31(29)44)42(33)27-11-9-24(10-12-27)20-40-13-15-41(16-14-40)21-25-7-6-8-26(17-25)36(48)49-23(4)35(46)47/h6-12,17-19,22-23,43-44H,5,13-16,20-21H2,1-4H3,(H,37,45)(H,46,47). The van der Waals surface area contributed by atoms with Crippen LogP contribution >= 0.6 is 0 Å². The monoisotopic (exact) mass is 670 g/mol. The number of aliphatic carboxylic acids is 1. The molecule has 13 heteroatoms. The van der Waals surface area contributed by atoms with Crippen LogP contribution in [0.15, 0.2) is 60.7 Å². The number of phenols is 2. The number of nitrogens with one attached hydrogen (secondary N) is 1. The lowest BCUT2D eigenvalue weighted by atomic mass is 9.98. The molecule has 4 N–H and O–H groups in total. The number of nitrogens with zero attached hydrogens (tertiary/aromatic N) is 5. The van der Waals surface area contributed by atoms with Gasteiger partial charge in [-0.1, -0.05) is 38.1 Å². The molecule has 1 atom stereocenters. The lowest BCUT2D eigenvalue weighted by Crippen LogP contribution is -2.45. The third kappa shape index (κ3) is 8.24. The summed E-state index contributed by atoms with van der Waals surface area (Å²) in [6.07, 6.45) is -1.22. The van der Waals surface area contributed by atoms with Crippen LogP contribution in [0, 0.1) is 0 Å². The number of carboxylic acid groups (broad SMARTS) is 1. The van der Waals surface area contributed by atoms with Gasteiger partial charge in [-0.25, -0.2) is 9.59 Å². The van der Waals surface area contributed by atoms with E-state index in [1.165, 1.54) is 13.0 Å². The molecule has 2 heterocycles.